The van der Waals surface area contributed by atoms with Crippen LogP contribution in [0.5, 0.6) is 5.75 Å². The first-order valence-corrected chi connectivity index (χ1v) is 12.4. The fourth-order valence-corrected chi connectivity index (χ4v) is 6.05. The van der Waals surface area contributed by atoms with Crippen LogP contribution in [-0.2, 0) is 14.3 Å². The highest BCUT2D eigenvalue weighted by molar-refractivity contribution is 9.10. The molecule has 0 fully saturated rings. The molecule has 3 heterocycles. The predicted octanol–water partition coefficient (Wildman–Crippen LogP) is 2.89. The highest BCUT2D eigenvalue weighted by Crippen LogP contribution is 2.35. The molecule has 0 bridgehead atoms. The van der Waals surface area contributed by atoms with Gasteiger partial charge in [-0.3, -0.25) is 14.2 Å². The molecule has 1 amide bonds. The van der Waals surface area contributed by atoms with Crippen molar-refractivity contribution in [3.8, 4) is 5.75 Å². The largest absolute Gasteiger partial charge is 0.496 e. The number of para-hydroxylation sites is 1. The van der Waals surface area contributed by atoms with Gasteiger partial charge in [-0.15, -0.1) is 0 Å². The molecular formula is C25H20BrN3O5S. The van der Waals surface area contributed by atoms with Crippen LogP contribution in [0.25, 0.3) is 5.57 Å². The molecule has 0 unspecified atom stereocenters. The number of hydrogen-bond acceptors (Lipinski definition) is 7. The minimum Gasteiger partial charge on any atom is -0.496 e. The first kappa shape index (κ1) is 23.3. The van der Waals surface area contributed by atoms with Crippen LogP contribution in [0.3, 0.4) is 0 Å². The van der Waals surface area contributed by atoms with E-state index in [1.54, 1.807) is 51.3 Å². The maximum atomic E-state index is 13.9. The molecule has 5 rings (SSSR count). The number of allylic oxidation sites excluding steroid dienone is 1. The molecule has 0 saturated heterocycles. The smallest absolute Gasteiger partial charge is 0.338 e. The number of hydrogen-bond donors (Lipinski definition) is 1. The number of thiazole rings is 1. The topological polar surface area (TPSA) is 99.0 Å². The van der Waals surface area contributed by atoms with Gasteiger partial charge in [-0.05, 0) is 53.5 Å². The summed E-state index contributed by atoms with van der Waals surface area (Å²) in [4.78, 5) is 44.8. The summed E-state index contributed by atoms with van der Waals surface area (Å²) in [5, 5.41) is 2.82. The molecular weight excluding hydrogens is 534 g/mol. The van der Waals surface area contributed by atoms with E-state index in [9.17, 15) is 14.4 Å². The van der Waals surface area contributed by atoms with E-state index in [-0.39, 0.29) is 22.6 Å². The fourth-order valence-electron chi connectivity index (χ4n) is 4.35. The lowest BCUT2D eigenvalue weighted by Gasteiger charge is -2.25. The molecule has 1 aromatic heterocycles. The minimum absolute atomic E-state index is 0.181. The average Bonchev–Trinajstić information content (AvgIpc) is 3.33. The first-order chi connectivity index (χ1) is 16.8. The van der Waals surface area contributed by atoms with Crippen molar-refractivity contribution in [2.45, 2.75) is 19.9 Å². The van der Waals surface area contributed by atoms with Crippen molar-refractivity contribution >= 4 is 50.4 Å². The molecule has 8 nitrogen and oxygen atoms in total. The van der Waals surface area contributed by atoms with E-state index in [0.29, 0.717) is 43.1 Å². The Morgan fingerprint density at radius 3 is 2.71 bits per heavy atom. The molecule has 2 aliphatic heterocycles. The van der Waals surface area contributed by atoms with Crippen molar-refractivity contribution in [1.82, 2.24) is 4.57 Å². The van der Waals surface area contributed by atoms with E-state index in [1.807, 2.05) is 12.1 Å². The summed E-state index contributed by atoms with van der Waals surface area (Å²) in [6, 6.07) is 11.8. The number of carbonyl (C=O) groups excluding carboxylic acids is 2. The molecule has 1 atom stereocenters. The summed E-state index contributed by atoms with van der Waals surface area (Å²) >= 11 is 4.63. The van der Waals surface area contributed by atoms with Crippen molar-refractivity contribution in [3.63, 3.8) is 0 Å². The van der Waals surface area contributed by atoms with E-state index < -0.39 is 17.6 Å². The Bertz CT molecular complexity index is 1620. The van der Waals surface area contributed by atoms with Crippen LogP contribution in [0, 0.1) is 0 Å². The summed E-state index contributed by atoms with van der Waals surface area (Å²) in [7, 11) is 1.56. The average molecular weight is 554 g/mol. The molecule has 3 aromatic rings. The third kappa shape index (κ3) is 3.73. The number of nitrogens with zero attached hydrogens (tertiary/aromatic N) is 2. The molecule has 0 aliphatic carbocycles. The van der Waals surface area contributed by atoms with Gasteiger partial charge in [0.15, 0.2) is 4.80 Å². The van der Waals surface area contributed by atoms with Gasteiger partial charge >= 0.3 is 5.97 Å². The number of rotatable bonds is 4. The van der Waals surface area contributed by atoms with Gasteiger partial charge in [-0.1, -0.05) is 35.6 Å². The monoisotopic (exact) mass is 553 g/mol. The van der Waals surface area contributed by atoms with Crippen LogP contribution in [0.15, 0.2) is 68.0 Å². The maximum absolute atomic E-state index is 13.9. The van der Waals surface area contributed by atoms with Gasteiger partial charge in [0.25, 0.3) is 11.5 Å². The number of esters is 1. The van der Waals surface area contributed by atoms with Gasteiger partial charge in [0.05, 0.1) is 41.1 Å². The normalized spacial score (nSPS) is 17.9. The number of fused-ring (bicyclic) bond motifs is 2. The van der Waals surface area contributed by atoms with Crippen molar-refractivity contribution in [1.29, 1.82) is 0 Å². The van der Waals surface area contributed by atoms with E-state index in [4.69, 9.17) is 9.47 Å². The van der Waals surface area contributed by atoms with E-state index in [1.165, 1.54) is 4.57 Å². The van der Waals surface area contributed by atoms with E-state index >= 15 is 0 Å². The molecule has 178 valence electrons. The van der Waals surface area contributed by atoms with Gasteiger partial charge < -0.3 is 14.8 Å². The van der Waals surface area contributed by atoms with Gasteiger partial charge in [0.2, 0.25) is 0 Å². The second-order valence-electron chi connectivity index (χ2n) is 7.89. The number of methoxy groups -OCH3 is 1. The second-order valence-corrected chi connectivity index (χ2v) is 9.72. The Morgan fingerprint density at radius 2 is 2.00 bits per heavy atom. The third-order valence-electron chi connectivity index (χ3n) is 5.88. The SMILES string of the molecule is CCOC(=O)C1=C(C)N=c2s/c(=C3\C(=O)Nc4ccccc43)c(=O)n2[C@H]1c1ccc(OC)c(Br)c1. The quantitative estimate of drug-likeness (QED) is 0.501. The Kier molecular flexibility index (Phi) is 5.94. The van der Waals surface area contributed by atoms with Crippen molar-refractivity contribution in [3.05, 3.63) is 89.0 Å². The van der Waals surface area contributed by atoms with Crippen LogP contribution < -0.4 is 24.9 Å². The van der Waals surface area contributed by atoms with Crippen LogP contribution >= 0.6 is 27.3 Å². The fraction of sp³-hybridized carbons (Fsp3) is 0.200. The second kappa shape index (κ2) is 8.94. The van der Waals surface area contributed by atoms with Gasteiger partial charge in [-0.25, -0.2) is 9.79 Å². The minimum atomic E-state index is -0.790. The maximum Gasteiger partial charge on any atom is 0.338 e. The zero-order valence-corrected chi connectivity index (χ0v) is 21.5. The Balaban J connectivity index is 1.82. The number of benzene rings is 2. The Labute approximate surface area is 212 Å². The van der Waals surface area contributed by atoms with Crippen LogP contribution in [0.2, 0.25) is 0 Å². The number of carbonyl (C=O) groups is 2. The summed E-state index contributed by atoms with van der Waals surface area (Å²) in [6.07, 6.45) is 0. The molecule has 2 aliphatic rings. The van der Waals surface area contributed by atoms with E-state index in [0.717, 1.165) is 11.3 Å². The lowest BCUT2D eigenvalue weighted by molar-refractivity contribution is -0.139. The number of nitrogens with one attached hydrogen (secondary N) is 1. The molecule has 0 radical (unpaired) electrons. The van der Waals surface area contributed by atoms with Crippen molar-refractivity contribution in [2.75, 3.05) is 19.0 Å². The highest BCUT2D eigenvalue weighted by Gasteiger charge is 2.35. The molecule has 0 spiro atoms. The number of halogens is 1. The van der Waals surface area contributed by atoms with Crippen LogP contribution in [-0.4, -0.2) is 30.2 Å². The summed E-state index contributed by atoms with van der Waals surface area (Å²) < 4.78 is 13.1. The highest BCUT2D eigenvalue weighted by atomic mass is 79.9. The Hall–Kier alpha value is -3.50. The molecule has 35 heavy (non-hydrogen) atoms. The zero-order chi connectivity index (χ0) is 24.9. The number of amides is 1. The summed E-state index contributed by atoms with van der Waals surface area (Å²) in [6.45, 7) is 3.62. The molecule has 10 heteroatoms. The lowest BCUT2D eigenvalue weighted by Crippen LogP contribution is -2.40. The van der Waals surface area contributed by atoms with Crippen LogP contribution in [0.4, 0.5) is 5.69 Å². The lowest BCUT2D eigenvalue weighted by atomic mass is 9.96. The van der Waals surface area contributed by atoms with Crippen LogP contribution in [0.1, 0.15) is 31.0 Å². The predicted molar refractivity (Wildman–Crippen MR) is 135 cm³/mol. The number of ether oxygens (including phenoxy) is 2. The van der Waals surface area contributed by atoms with Gasteiger partial charge in [0, 0.05) is 11.3 Å². The van der Waals surface area contributed by atoms with E-state index in [2.05, 4.69) is 26.2 Å². The first-order valence-electron chi connectivity index (χ1n) is 10.8. The number of anilines is 1. The van der Waals surface area contributed by atoms with Gasteiger partial charge in [-0.2, -0.15) is 0 Å². The third-order valence-corrected chi connectivity index (χ3v) is 7.56. The molecule has 1 N–H and O–H groups in total. The summed E-state index contributed by atoms with van der Waals surface area (Å²) in [5.41, 5.74) is 2.60. The Morgan fingerprint density at radius 1 is 1.23 bits per heavy atom. The molecule has 0 saturated carbocycles. The van der Waals surface area contributed by atoms with Crippen molar-refractivity contribution < 1.29 is 19.1 Å². The van der Waals surface area contributed by atoms with Crippen molar-refractivity contribution in [2.24, 2.45) is 4.99 Å². The van der Waals surface area contributed by atoms with Gasteiger partial charge in [0.1, 0.15) is 10.3 Å². The zero-order valence-electron chi connectivity index (χ0n) is 19.0. The standard InChI is InChI=1S/C25H20BrN3O5S/c1-4-34-24(32)18-12(2)27-25-29(20(18)13-9-10-17(33-3)15(26)11-13)23(31)21(35-25)19-14-7-5-6-8-16(14)28-22(19)30/h5-11,20H,4H2,1-3H3,(H,28,30)/b21-19-/t20-/m0/s1. The number of aromatic nitrogens is 1. The molecule has 2 aromatic carbocycles. The summed E-state index contributed by atoms with van der Waals surface area (Å²) in [5.74, 6) is -0.282.